The van der Waals surface area contributed by atoms with Crippen molar-refractivity contribution in [2.24, 2.45) is 11.7 Å². The van der Waals surface area contributed by atoms with E-state index in [9.17, 15) is 15.2 Å². The van der Waals surface area contributed by atoms with Gasteiger partial charge in [0.2, 0.25) is 0 Å². The van der Waals surface area contributed by atoms with Crippen LogP contribution in [0.15, 0.2) is 18.2 Å². The number of aromatic hydroxyl groups is 1. The largest absolute Gasteiger partial charge is 0.502 e. The average Bonchev–Trinajstić information content (AvgIpc) is 2.19. The van der Waals surface area contributed by atoms with Crippen molar-refractivity contribution in [3.63, 3.8) is 0 Å². The van der Waals surface area contributed by atoms with E-state index in [4.69, 9.17) is 5.73 Å². The van der Waals surface area contributed by atoms with E-state index in [1.807, 2.05) is 0 Å². The van der Waals surface area contributed by atoms with Crippen LogP contribution >= 0.6 is 0 Å². The Kier molecular flexibility index (Phi) is 4.45. The first kappa shape index (κ1) is 13.4. The quantitative estimate of drug-likeness (QED) is 0.608. The normalized spacial score (nSPS) is 12.7. The lowest BCUT2D eigenvalue weighted by atomic mass is 9.98. The summed E-state index contributed by atoms with van der Waals surface area (Å²) >= 11 is 0. The lowest BCUT2D eigenvalue weighted by Gasteiger charge is -2.13. The van der Waals surface area contributed by atoms with Crippen molar-refractivity contribution in [3.8, 4) is 5.75 Å². The molecule has 1 aromatic rings. The lowest BCUT2D eigenvalue weighted by molar-refractivity contribution is -0.385. The second-order valence-corrected chi connectivity index (χ2v) is 4.67. The van der Waals surface area contributed by atoms with Gasteiger partial charge in [0.15, 0.2) is 5.75 Å². The maximum Gasteiger partial charge on any atom is 0.310 e. The van der Waals surface area contributed by atoms with Crippen LogP contribution in [0.25, 0.3) is 0 Å². The highest BCUT2D eigenvalue weighted by Gasteiger charge is 2.15. The Morgan fingerprint density at radius 1 is 1.47 bits per heavy atom. The third-order valence-corrected chi connectivity index (χ3v) is 2.51. The van der Waals surface area contributed by atoms with Crippen LogP contribution in [0.1, 0.15) is 25.8 Å². The Morgan fingerprint density at radius 3 is 2.65 bits per heavy atom. The number of hydrogen-bond donors (Lipinski definition) is 2. The van der Waals surface area contributed by atoms with E-state index in [0.717, 1.165) is 12.0 Å². The predicted octanol–water partition coefficient (Wildman–Crippen LogP) is 2.22. The molecular formula is C12H18N2O3. The van der Waals surface area contributed by atoms with E-state index < -0.39 is 4.92 Å². The number of nitrogens with zero attached hydrogens (tertiary/aromatic N) is 1. The van der Waals surface area contributed by atoms with E-state index in [1.54, 1.807) is 6.07 Å². The highest BCUT2D eigenvalue weighted by Crippen LogP contribution is 2.26. The predicted molar refractivity (Wildman–Crippen MR) is 65.9 cm³/mol. The Hall–Kier alpha value is -1.62. The van der Waals surface area contributed by atoms with Gasteiger partial charge in [-0.3, -0.25) is 10.1 Å². The summed E-state index contributed by atoms with van der Waals surface area (Å²) in [5.74, 6) is 0.188. The number of nitro benzene ring substituents is 1. The summed E-state index contributed by atoms with van der Waals surface area (Å²) in [4.78, 5) is 10.1. The molecule has 0 aliphatic heterocycles. The van der Waals surface area contributed by atoms with Crippen LogP contribution < -0.4 is 5.73 Å². The van der Waals surface area contributed by atoms with Gasteiger partial charge in [0.05, 0.1) is 4.92 Å². The van der Waals surface area contributed by atoms with Crippen molar-refractivity contribution in [3.05, 3.63) is 33.9 Å². The topological polar surface area (TPSA) is 89.4 Å². The van der Waals surface area contributed by atoms with Gasteiger partial charge in [-0.25, -0.2) is 0 Å². The summed E-state index contributed by atoms with van der Waals surface area (Å²) < 4.78 is 0. The van der Waals surface area contributed by atoms with Gasteiger partial charge in [0, 0.05) is 12.1 Å². The van der Waals surface area contributed by atoms with Crippen LogP contribution in [-0.4, -0.2) is 16.1 Å². The molecule has 0 saturated heterocycles. The Morgan fingerprint density at radius 2 is 2.12 bits per heavy atom. The number of phenolic OH excluding ortho intramolecular Hbond substituents is 1. The summed E-state index contributed by atoms with van der Waals surface area (Å²) in [6, 6.07) is 4.38. The van der Waals surface area contributed by atoms with Crippen LogP contribution in [0.4, 0.5) is 5.69 Å². The van der Waals surface area contributed by atoms with Gasteiger partial charge >= 0.3 is 5.69 Å². The SMILES string of the molecule is CC(C)CC(N)Cc1ccc(O)c([N+](=O)[O-])c1. The molecule has 94 valence electrons. The molecule has 0 spiro atoms. The number of nitrogens with two attached hydrogens (primary N) is 1. The van der Waals surface area contributed by atoms with Gasteiger partial charge in [0.1, 0.15) is 0 Å². The fourth-order valence-corrected chi connectivity index (χ4v) is 1.83. The molecule has 0 aliphatic rings. The Balaban J connectivity index is 2.79. The molecule has 1 unspecified atom stereocenters. The zero-order chi connectivity index (χ0) is 13.0. The monoisotopic (exact) mass is 238 g/mol. The maximum absolute atomic E-state index is 10.7. The minimum atomic E-state index is -0.590. The molecule has 1 rings (SSSR count). The van der Waals surface area contributed by atoms with Crippen molar-refractivity contribution in [1.29, 1.82) is 0 Å². The molecule has 0 aromatic heterocycles. The fourth-order valence-electron chi connectivity index (χ4n) is 1.83. The third kappa shape index (κ3) is 4.03. The van der Waals surface area contributed by atoms with Gasteiger partial charge in [-0.05, 0) is 30.4 Å². The molecule has 1 atom stereocenters. The Labute approximate surface area is 100 Å². The first-order chi connectivity index (χ1) is 7.90. The zero-order valence-electron chi connectivity index (χ0n) is 10.1. The molecule has 0 amide bonds. The average molecular weight is 238 g/mol. The van der Waals surface area contributed by atoms with Crippen molar-refractivity contribution >= 4 is 5.69 Å². The summed E-state index contributed by atoms with van der Waals surface area (Å²) in [6.07, 6.45) is 1.45. The standard InChI is InChI=1S/C12H18N2O3/c1-8(2)5-10(13)6-9-3-4-12(15)11(7-9)14(16)17/h3-4,7-8,10,15H,5-6,13H2,1-2H3. The number of hydrogen-bond acceptors (Lipinski definition) is 4. The molecule has 0 heterocycles. The van der Waals surface area contributed by atoms with Crippen molar-refractivity contribution in [2.45, 2.75) is 32.7 Å². The molecule has 0 fully saturated rings. The molecule has 5 heteroatoms. The second-order valence-electron chi connectivity index (χ2n) is 4.67. The van der Waals surface area contributed by atoms with Crippen LogP contribution in [0.5, 0.6) is 5.75 Å². The molecular weight excluding hydrogens is 220 g/mol. The van der Waals surface area contributed by atoms with Crippen LogP contribution in [-0.2, 0) is 6.42 Å². The first-order valence-corrected chi connectivity index (χ1v) is 5.62. The van der Waals surface area contributed by atoms with Crippen molar-refractivity contribution in [1.82, 2.24) is 0 Å². The van der Waals surface area contributed by atoms with Crippen LogP contribution in [0.2, 0.25) is 0 Å². The summed E-state index contributed by atoms with van der Waals surface area (Å²) in [7, 11) is 0. The maximum atomic E-state index is 10.7. The van der Waals surface area contributed by atoms with Crippen LogP contribution in [0.3, 0.4) is 0 Å². The Bertz CT molecular complexity index is 405. The van der Waals surface area contributed by atoms with Crippen molar-refractivity contribution < 1.29 is 10.0 Å². The summed E-state index contributed by atoms with van der Waals surface area (Å²) in [6.45, 7) is 4.16. The van der Waals surface area contributed by atoms with E-state index in [2.05, 4.69) is 13.8 Å². The molecule has 5 nitrogen and oxygen atoms in total. The first-order valence-electron chi connectivity index (χ1n) is 5.62. The smallest absolute Gasteiger partial charge is 0.310 e. The number of rotatable bonds is 5. The molecule has 17 heavy (non-hydrogen) atoms. The highest BCUT2D eigenvalue weighted by molar-refractivity contribution is 5.47. The lowest BCUT2D eigenvalue weighted by Crippen LogP contribution is -2.24. The fraction of sp³-hybridized carbons (Fsp3) is 0.500. The highest BCUT2D eigenvalue weighted by atomic mass is 16.6. The number of nitro groups is 1. The second kappa shape index (κ2) is 5.63. The molecule has 0 aliphatic carbocycles. The zero-order valence-corrected chi connectivity index (χ0v) is 10.1. The van der Waals surface area contributed by atoms with Crippen molar-refractivity contribution in [2.75, 3.05) is 0 Å². The van der Waals surface area contributed by atoms with E-state index >= 15 is 0 Å². The van der Waals surface area contributed by atoms with E-state index in [1.165, 1.54) is 12.1 Å². The molecule has 3 N–H and O–H groups in total. The molecule has 0 saturated carbocycles. The van der Waals surface area contributed by atoms with Gasteiger partial charge < -0.3 is 10.8 Å². The van der Waals surface area contributed by atoms with Gasteiger partial charge in [-0.15, -0.1) is 0 Å². The molecule has 1 aromatic carbocycles. The van der Waals surface area contributed by atoms with Crippen LogP contribution in [0, 0.1) is 16.0 Å². The summed E-state index contributed by atoms with van der Waals surface area (Å²) in [5.41, 5.74) is 6.45. The molecule has 0 radical (unpaired) electrons. The number of phenols is 1. The minimum Gasteiger partial charge on any atom is -0.502 e. The van der Waals surface area contributed by atoms with E-state index in [-0.39, 0.29) is 17.5 Å². The third-order valence-electron chi connectivity index (χ3n) is 2.51. The van der Waals surface area contributed by atoms with E-state index in [0.29, 0.717) is 12.3 Å². The van der Waals surface area contributed by atoms with Gasteiger partial charge in [-0.1, -0.05) is 19.9 Å². The minimum absolute atomic E-state index is 0.0147. The van der Waals surface area contributed by atoms with Gasteiger partial charge in [-0.2, -0.15) is 0 Å². The van der Waals surface area contributed by atoms with Gasteiger partial charge in [0.25, 0.3) is 0 Å². The molecule has 0 bridgehead atoms. The summed E-state index contributed by atoms with van der Waals surface area (Å²) in [5, 5.41) is 20.0. The number of benzene rings is 1.